The quantitative estimate of drug-likeness (QED) is 0.142. The number of ether oxygens (including phenoxy) is 1. The number of pyridine rings is 1. The van der Waals surface area contributed by atoms with Gasteiger partial charge in [0.05, 0.1) is 5.69 Å². The molecule has 6 nitrogen and oxygen atoms in total. The van der Waals surface area contributed by atoms with E-state index >= 15 is 0 Å². The molecule has 0 spiro atoms. The number of rotatable bonds is 8. The second-order valence-electron chi connectivity index (χ2n) is 25.1. The van der Waals surface area contributed by atoms with Crippen molar-refractivity contribution in [1.82, 2.24) is 14.1 Å². The van der Waals surface area contributed by atoms with Gasteiger partial charge < -0.3 is 4.90 Å². The van der Waals surface area contributed by atoms with Gasteiger partial charge in [0.2, 0.25) is 0 Å². The standard InChI is InChI=1S/C78H67N5O.Pt/c1-76(2,3)55-30-24-31-58(46-55)82-68-37-19-16-32-64(68)65-33-18-21-39-70(65)83(74-49-56(44-45-79-74)77(4,5)6)73-51-60(42-43-67(73)66-34-17-20-38-69(66)82)84-61-48-57(78(7,8)9)47-59(50-61)80-52-81(72-41-23-22-40-71(72)80)75-62(53-26-12-10-13-27-53)35-25-36-63(75)54-28-14-11-15-29-54;/h10-49H,1-9H3;/q-2;. The van der Waals surface area contributed by atoms with E-state index in [4.69, 9.17) is 9.72 Å². The molecule has 0 saturated heterocycles. The van der Waals surface area contributed by atoms with Crippen molar-refractivity contribution in [2.75, 3.05) is 9.80 Å². The molecule has 0 aliphatic carbocycles. The Labute approximate surface area is 511 Å². The maximum atomic E-state index is 7.31. The minimum atomic E-state index is -0.262. The summed E-state index contributed by atoms with van der Waals surface area (Å²) >= 11 is 2.52. The summed E-state index contributed by atoms with van der Waals surface area (Å²) in [4.78, 5) is 9.98. The fourth-order valence-electron chi connectivity index (χ4n) is 11.8. The summed E-state index contributed by atoms with van der Waals surface area (Å²) < 4.78 is 13.0. The van der Waals surface area contributed by atoms with Crippen molar-refractivity contribution in [3.63, 3.8) is 0 Å². The Kier molecular flexibility index (Phi) is 14.2. The van der Waals surface area contributed by atoms with Crippen LogP contribution in [0.4, 0.5) is 34.3 Å². The fraction of sp³-hybridized carbons (Fsp3) is 0.154. The molecule has 0 fully saturated rings. The zero-order chi connectivity index (χ0) is 58.8. The van der Waals surface area contributed by atoms with Crippen molar-refractivity contribution in [2.24, 2.45) is 0 Å². The first-order valence-corrected chi connectivity index (χ1v) is 30.3. The van der Waals surface area contributed by atoms with Crippen molar-refractivity contribution in [3.8, 4) is 67.4 Å². The molecule has 3 heterocycles. The summed E-state index contributed by atoms with van der Waals surface area (Å²) in [6, 6.07) is 92.9. The van der Waals surface area contributed by atoms with Gasteiger partial charge in [-0.05, 0) is 52.3 Å². The van der Waals surface area contributed by atoms with E-state index in [0.29, 0.717) is 11.5 Å². The Morgan fingerprint density at radius 2 is 0.882 bits per heavy atom. The van der Waals surface area contributed by atoms with Crippen molar-refractivity contribution < 1.29 is 24.1 Å². The van der Waals surface area contributed by atoms with Crippen LogP contribution in [-0.2, 0) is 35.6 Å². The Balaban J connectivity index is 1.04. The predicted molar refractivity (Wildman–Crippen MR) is 349 cm³/mol. The van der Waals surface area contributed by atoms with E-state index in [9.17, 15) is 0 Å². The summed E-state index contributed by atoms with van der Waals surface area (Å²) in [5, 5.41) is 0. The molecule has 2 aromatic heterocycles. The van der Waals surface area contributed by atoms with Gasteiger partial charge >= 0.3 is 332 Å². The number of imidazole rings is 1. The van der Waals surface area contributed by atoms with Crippen molar-refractivity contribution >= 4 is 45.3 Å². The number of fused-ring (bicyclic) bond motifs is 7. The molecule has 1 aliphatic rings. The summed E-state index contributed by atoms with van der Waals surface area (Å²) in [6.45, 7) is 20.4. The van der Waals surface area contributed by atoms with Gasteiger partial charge in [0.25, 0.3) is 0 Å². The zero-order valence-corrected chi connectivity index (χ0v) is 51.8. The van der Waals surface area contributed by atoms with Crippen LogP contribution >= 0.6 is 0 Å². The molecule has 0 unspecified atom stereocenters. The molecule has 10 aromatic carbocycles. The van der Waals surface area contributed by atoms with Crippen LogP contribution < -0.4 is 14.5 Å². The molecule has 13 rings (SSSR count). The number of hydrogen-bond acceptors (Lipinski definition) is 4. The topological polar surface area (TPSA) is 38.5 Å². The van der Waals surface area contributed by atoms with Crippen LogP contribution in [0.2, 0.25) is 0 Å². The van der Waals surface area contributed by atoms with E-state index in [1.54, 1.807) is 0 Å². The SMILES string of the molecule is CC(C)(C)c1cc(Oc2[c-]c3c(cc2)-c2ccccc2N(c2cccc(C(C)(C)C)c2)c2ccccc2-c2ccccc2N3c2cc(C(C)(C)C)ccn2)[c-]c(-n2[c](=[Pt])n(-c3c(-c4ccccc4)cccc3-c3ccccc3)c3ccccc32)c1. The molecular weight excluding hydrogens is 1220 g/mol. The van der Waals surface area contributed by atoms with Gasteiger partial charge in [-0.2, -0.15) is 0 Å². The van der Waals surface area contributed by atoms with E-state index in [1.165, 1.54) is 11.1 Å². The number of hydrogen-bond donors (Lipinski definition) is 0. The molecule has 0 bridgehead atoms. The molecule has 0 atom stereocenters. The summed E-state index contributed by atoms with van der Waals surface area (Å²) in [6.07, 6.45) is 1.94. The van der Waals surface area contributed by atoms with E-state index in [2.05, 4.69) is 349 Å². The fourth-order valence-corrected chi connectivity index (χ4v) is 12.9. The van der Waals surface area contributed by atoms with Gasteiger partial charge in [-0.15, -0.1) is 0 Å². The Morgan fingerprint density at radius 3 is 1.47 bits per heavy atom. The third kappa shape index (κ3) is 10.4. The van der Waals surface area contributed by atoms with Gasteiger partial charge in [-0.25, -0.2) is 0 Å². The van der Waals surface area contributed by atoms with Crippen molar-refractivity contribution in [1.29, 1.82) is 0 Å². The van der Waals surface area contributed by atoms with E-state index < -0.39 is 0 Å². The van der Waals surface area contributed by atoms with Crippen LogP contribution in [0.5, 0.6) is 11.5 Å². The van der Waals surface area contributed by atoms with E-state index in [1.807, 2.05) is 6.20 Å². The van der Waals surface area contributed by atoms with Gasteiger partial charge in [0.15, 0.2) is 0 Å². The molecule has 422 valence electrons. The number of nitrogens with zero attached hydrogens (tertiary/aromatic N) is 5. The third-order valence-corrected chi connectivity index (χ3v) is 17.3. The Bertz CT molecular complexity index is 4500. The third-order valence-electron chi connectivity index (χ3n) is 16.2. The van der Waals surface area contributed by atoms with Gasteiger partial charge in [0, 0.05) is 17.4 Å². The number of aromatic nitrogens is 3. The zero-order valence-electron chi connectivity index (χ0n) is 49.6. The van der Waals surface area contributed by atoms with Crippen LogP contribution in [0.3, 0.4) is 0 Å². The number of benzene rings is 10. The molecule has 12 aromatic rings. The van der Waals surface area contributed by atoms with Gasteiger partial charge in [-0.1, -0.05) is 102 Å². The molecule has 0 amide bonds. The summed E-state index contributed by atoms with van der Waals surface area (Å²) in [5.74, 6) is 1.89. The number of anilines is 6. The first-order chi connectivity index (χ1) is 41.0. The normalized spacial score (nSPS) is 12.6. The Morgan fingerprint density at radius 1 is 0.388 bits per heavy atom. The molecule has 0 radical (unpaired) electrons. The molecule has 0 N–H and O–H groups in total. The van der Waals surface area contributed by atoms with Crippen LogP contribution in [-0.4, -0.2) is 14.1 Å². The van der Waals surface area contributed by atoms with Gasteiger partial charge in [0.1, 0.15) is 0 Å². The first kappa shape index (κ1) is 55.1. The first-order valence-electron chi connectivity index (χ1n) is 29.2. The predicted octanol–water partition coefficient (Wildman–Crippen LogP) is 21.1. The molecular formula is C78H67N5OPt-2. The number of para-hydroxylation sites is 6. The minimum absolute atomic E-state index is 0.0756. The van der Waals surface area contributed by atoms with Gasteiger partial charge in [-0.3, -0.25) is 0 Å². The Hall–Kier alpha value is -9.09. The average molecular weight is 1290 g/mol. The average Bonchev–Trinajstić information content (AvgIpc) is 4.08. The van der Waals surface area contributed by atoms with Crippen LogP contribution in [0.15, 0.2) is 243 Å². The molecule has 85 heavy (non-hydrogen) atoms. The second kappa shape index (κ2) is 21.8. The monoisotopic (exact) mass is 1280 g/mol. The van der Waals surface area contributed by atoms with Crippen LogP contribution in [0, 0.1) is 15.9 Å². The molecule has 7 heteroatoms. The maximum absolute atomic E-state index is 7.31. The summed E-state index contributed by atoms with van der Waals surface area (Å²) in [7, 11) is 0. The van der Waals surface area contributed by atoms with Crippen LogP contribution in [0.1, 0.15) is 79.0 Å². The second-order valence-corrected chi connectivity index (χ2v) is 26.1. The molecule has 1 aliphatic heterocycles. The summed E-state index contributed by atoms with van der Waals surface area (Å²) in [5.41, 5.74) is 20.7. The van der Waals surface area contributed by atoms with E-state index in [0.717, 1.165) is 111 Å². The van der Waals surface area contributed by atoms with Crippen molar-refractivity contribution in [3.05, 3.63) is 275 Å². The van der Waals surface area contributed by atoms with Crippen LogP contribution in [0.25, 0.3) is 66.9 Å². The van der Waals surface area contributed by atoms with E-state index in [-0.39, 0.29) is 16.2 Å². The molecule has 0 saturated carbocycles. The van der Waals surface area contributed by atoms with Crippen molar-refractivity contribution in [2.45, 2.75) is 78.6 Å².